The number of hydrogen-bond donors (Lipinski definition) is 1. The van der Waals surface area contributed by atoms with Crippen LogP contribution in [0.25, 0.3) is 11.1 Å². The van der Waals surface area contributed by atoms with Crippen molar-refractivity contribution in [2.75, 3.05) is 32.2 Å². The van der Waals surface area contributed by atoms with E-state index < -0.39 is 30.6 Å². The minimum atomic E-state index is -0.990. The van der Waals surface area contributed by atoms with Crippen LogP contribution in [0, 0.1) is 0 Å². The molecule has 1 amide bonds. The fourth-order valence-electron chi connectivity index (χ4n) is 3.37. The Kier molecular flexibility index (Phi) is 7.51. The van der Waals surface area contributed by atoms with Crippen molar-refractivity contribution in [1.29, 1.82) is 0 Å². The van der Waals surface area contributed by atoms with Crippen LogP contribution in [0.2, 0.25) is 0 Å². The van der Waals surface area contributed by atoms with E-state index in [0.717, 1.165) is 5.56 Å². The van der Waals surface area contributed by atoms with Gasteiger partial charge in [-0.1, -0.05) is 24.3 Å². The maximum Gasteiger partial charge on any atom is 0.351 e. The van der Waals surface area contributed by atoms with Crippen LogP contribution in [-0.4, -0.2) is 50.9 Å². The van der Waals surface area contributed by atoms with Gasteiger partial charge in [0.05, 0.1) is 13.7 Å². The molecule has 0 spiro atoms. The molecule has 0 saturated carbocycles. The van der Waals surface area contributed by atoms with Gasteiger partial charge < -0.3 is 29.0 Å². The predicted molar refractivity (Wildman–Crippen MR) is 128 cm³/mol. The molecule has 1 aliphatic rings. The SMILES string of the molecule is CCOC(=O)c1c(-c2ccc(OC)cc2)csc1NC(=O)COC(=O)C1COc2ccccc2O1. The highest BCUT2D eigenvalue weighted by atomic mass is 32.1. The van der Waals surface area contributed by atoms with Crippen LogP contribution in [0.5, 0.6) is 17.2 Å². The third kappa shape index (κ3) is 5.55. The summed E-state index contributed by atoms with van der Waals surface area (Å²) in [5.41, 5.74) is 1.59. The molecule has 3 aromatic rings. The van der Waals surface area contributed by atoms with Crippen molar-refractivity contribution in [2.45, 2.75) is 13.0 Å². The Morgan fingerprint density at radius 1 is 1.06 bits per heavy atom. The molecule has 182 valence electrons. The number of ether oxygens (including phenoxy) is 5. The van der Waals surface area contributed by atoms with E-state index in [4.69, 9.17) is 23.7 Å². The molecular formula is C25H23NO8S. The lowest BCUT2D eigenvalue weighted by Crippen LogP contribution is -2.39. The molecule has 9 nitrogen and oxygen atoms in total. The normalized spacial score (nSPS) is 14.1. The van der Waals surface area contributed by atoms with Gasteiger partial charge in [0.1, 0.15) is 22.9 Å². The zero-order valence-corrected chi connectivity index (χ0v) is 19.9. The van der Waals surface area contributed by atoms with Crippen molar-refractivity contribution in [1.82, 2.24) is 0 Å². The highest BCUT2D eigenvalue weighted by Gasteiger charge is 2.29. The van der Waals surface area contributed by atoms with Crippen LogP contribution in [0.1, 0.15) is 17.3 Å². The Balaban J connectivity index is 1.42. The number of fused-ring (bicyclic) bond motifs is 1. The van der Waals surface area contributed by atoms with Gasteiger partial charge in [-0.25, -0.2) is 9.59 Å². The summed E-state index contributed by atoms with van der Waals surface area (Å²) >= 11 is 1.17. The van der Waals surface area contributed by atoms with Crippen molar-refractivity contribution >= 4 is 34.2 Å². The van der Waals surface area contributed by atoms with Crippen LogP contribution < -0.4 is 19.5 Å². The van der Waals surface area contributed by atoms with E-state index in [0.29, 0.717) is 27.8 Å². The number of nitrogens with one attached hydrogen (secondary N) is 1. The summed E-state index contributed by atoms with van der Waals surface area (Å²) in [5.74, 6) is -0.277. The number of amides is 1. The van der Waals surface area contributed by atoms with Crippen molar-refractivity contribution < 1.29 is 38.1 Å². The van der Waals surface area contributed by atoms with Gasteiger partial charge in [0.2, 0.25) is 6.10 Å². The average Bonchev–Trinajstić information content (AvgIpc) is 3.30. The number of carbonyl (C=O) groups excluding carboxylic acids is 3. The number of para-hydroxylation sites is 2. The second-order valence-corrected chi connectivity index (χ2v) is 8.20. The standard InChI is InChI=1S/C25H23NO8S/c1-3-31-25(29)22-17(15-8-10-16(30-2)11-9-15)14-35-23(22)26-21(27)13-33-24(28)20-12-32-18-6-4-5-7-19(18)34-20/h4-11,14,20H,3,12-13H2,1-2H3,(H,26,27). The predicted octanol–water partition coefficient (Wildman–Crippen LogP) is 3.92. The first-order chi connectivity index (χ1) is 17.0. The molecule has 10 heteroatoms. The van der Waals surface area contributed by atoms with E-state index in [9.17, 15) is 14.4 Å². The lowest BCUT2D eigenvalue weighted by Gasteiger charge is -2.24. The number of esters is 2. The lowest BCUT2D eigenvalue weighted by molar-refractivity contribution is -0.156. The number of rotatable bonds is 8. The van der Waals surface area contributed by atoms with Gasteiger partial charge in [-0.2, -0.15) is 0 Å². The molecule has 2 aromatic carbocycles. The first-order valence-corrected chi connectivity index (χ1v) is 11.7. The maximum atomic E-state index is 12.7. The third-order valence-electron chi connectivity index (χ3n) is 5.04. The van der Waals surface area contributed by atoms with Crippen LogP contribution in [0.3, 0.4) is 0 Å². The summed E-state index contributed by atoms with van der Waals surface area (Å²) in [5, 5.41) is 4.68. The molecule has 1 atom stereocenters. The first kappa shape index (κ1) is 24.1. The molecule has 2 heterocycles. The fourth-order valence-corrected chi connectivity index (χ4v) is 4.34. The molecule has 0 saturated heterocycles. The van der Waals surface area contributed by atoms with E-state index in [1.165, 1.54) is 11.3 Å². The van der Waals surface area contributed by atoms with Crippen LogP contribution in [0.4, 0.5) is 5.00 Å². The molecule has 1 aromatic heterocycles. The first-order valence-electron chi connectivity index (χ1n) is 10.8. The topological polar surface area (TPSA) is 109 Å². The Hall–Kier alpha value is -4.05. The van der Waals surface area contributed by atoms with E-state index >= 15 is 0 Å². The van der Waals surface area contributed by atoms with Crippen molar-refractivity contribution in [2.24, 2.45) is 0 Å². The fraction of sp³-hybridized carbons (Fsp3) is 0.240. The summed E-state index contributed by atoms with van der Waals surface area (Å²) in [6.45, 7) is 1.29. The number of methoxy groups -OCH3 is 1. The van der Waals surface area contributed by atoms with Crippen LogP contribution in [-0.2, 0) is 19.1 Å². The Morgan fingerprint density at radius 2 is 1.80 bits per heavy atom. The number of benzene rings is 2. The smallest absolute Gasteiger partial charge is 0.351 e. The van der Waals surface area contributed by atoms with Crippen molar-refractivity contribution in [3.05, 3.63) is 59.5 Å². The molecule has 1 aliphatic heterocycles. The third-order valence-corrected chi connectivity index (χ3v) is 5.94. The summed E-state index contributed by atoms with van der Waals surface area (Å²) < 4.78 is 26.6. The molecular weight excluding hydrogens is 474 g/mol. The molecule has 0 bridgehead atoms. The molecule has 0 fully saturated rings. The Morgan fingerprint density at radius 3 is 2.51 bits per heavy atom. The molecule has 0 aliphatic carbocycles. The summed E-state index contributed by atoms with van der Waals surface area (Å²) in [6, 6.07) is 14.1. The molecule has 4 rings (SSSR count). The van der Waals surface area contributed by atoms with Gasteiger partial charge in [0.15, 0.2) is 18.1 Å². The molecule has 0 radical (unpaired) electrons. The van der Waals surface area contributed by atoms with Gasteiger partial charge >= 0.3 is 11.9 Å². The molecule has 1 unspecified atom stereocenters. The van der Waals surface area contributed by atoms with Gasteiger partial charge in [0.25, 0.3) is 5.91 Å². The lowest BCUT2D eigenvalue weighted by atomic mass is 10.0. The minimum absolute atomic E-state index is 0.0272. The van der Waals surface area contributed by atoms with E-state index in [2.05, 4.69) is 5.32 Å². The largest absolute Gasteiger partial charge is 0.497 e. The van der Waals surface area contributed by atoms with Crippen LogP contribution in [0.15, 0.2) is 53.9 Å². The van der Waals surface area contributed by atoms with Crippen molar-refractivity contribution in [3.8, 4) is 28.4 Å². The Bertz CT molecular complexity index is 1220. The highest BCUT2D eigenvalue weighted by Crippen LogP contribution is 2.37. The number of thiophene rings is 1. The minimum Gasteiger partial charge on any atom is -0.497 e. The summed E-state index contributed by atoms with van der Waals surface area (Å²) in [4.78, 5) is 37.6. The van der Waals surface area contributed by atoms with E-state index in [1.807, 2.05) is 0 Å². The zero-order valence-electron chi connectivity index (χ0n) is 19.1. The van der Waals surface area contributed by atoms with E-state index in [-0.39, 0.29) is 18.8 Å². The highest BCUT2D eigenvalue weighted by molar-refractivity contribution is 7.15. The van der Waals surface area contributed by atoms with Crippen LogP contribution >= 0.6 is 11.3 Å². The average molecular weight is 498 g/mol. The number of carbonyl (C=O) groups is 3. The Labute approximate surface area is 205 Å². The summed E-state index contributed by atoms with van der Waals surface area (Å²) in [6.07, 6.45) is -0.990. The monoisotopic (exact) mass is 497 g/mol. The zero-order chi connectivity index (χ0) is 24.8. The second kappa shape index (κ2) is 10.9. The van der Waals surface area contributed by atoms with Gasteiger partial charge in [0, 0.05) is 10.9 Å². The number of hydrogen-bond acceptors (Lipinski definition) is 9. The van der Waals surface area contributed by atoms with Gasteiger partial charge in [-0.15, -0.1) is 11.3 Å². The summed E-state index contributed by atoms with van der Waals surface area (Å²) in [7, 11) is 1.57. The molecule has 1 N–H and O–H groups in total. The van der Waals surface area contributed by atoms with Gasteiger partial charge in [-0.05, 0) is 36.8 Å². The molecule has 35 heavy (non-hydrogen) atoms. The quantitative estimate of drug-likeness (QED) is 0.467. The second-order valence-electron chi connectivity index (χ2n) is 7.32. The van der Waals surface area contributed by atoms with Crippen molar-refractivity contribution in [3.63, 3.8) is 0 Å². The van der Waals surface area contributed by atoms with E-state index in [1.54, 1.807) is 67.9 Å². The number of anilines is 1. The van der Waals surface area contributed by atoms with Gasteiger partial charge in [-0.3, -0.25) is 4.79 Å². The maximum absolute atomic E-state index is 12.7.